The molecule has 22 heteroatoms. The van der Waals surface area contributed by atoms with E-state index in [-0.39, 0.29) is 76.7 Å². The smallest absolute Gasteiger partial charge is 0.408 e. The lowest BCUT2D eigenvalue weighted by Crippen LogP contribution is -2.52. The summed E-state index contributed by atoms with van der Waals surface area (Å²) in [5.74, 6) is -4.25. The first-order chi connectivity index (χ1) is 33.1. The zero-order valence-electron chi connectivity index (χ0n) is 38.8. The number of esters is 1. The van der Waals surface area contributed by atoms with Crippen LogP contribution < -0.4 is 36.9 Å². The molecule has 3 aromatic carbocycles. The summed E-state index contributed by atoms with van der Waals surface area (Å²) in [6, 6.07) is 17.0. The number of nitrogens with zero attached hydrogens (tertiary/aromatic N) is 2. The number of benzene rings is 3. The molecule has 4 heterocycles. The summed E-state index contributed by atoms with van der Waals surface area (Å²) < 4.78 is 56.8. The fourth-order valence-electron chi connectivity index (χ4n) is 7.97. The van der Waals surface area contributed by atoms with Crippen molar-refractivity contribution in [3.05, 3.63) is 122 Å². The van der Waals surface area contributed by atoms with E-state index < -0.39 is 94.0 Å². The molecule has 0 saturated heterocycles. The predicted molar refractivity (Wildman–Crippen MR) is 251 cm³/mol. The molecule has 2 aliphatic heterocycles. The number of amides is 5. The number of halogens is 1. The molecule has 0 bridgehead atoms. The maximum Gasteiger partial charge on any atom is 0.408 e. The third-order valence-electron chi connectivity index (χ3n) is 11.6. The van der Waals surface area contributed by atoms with Crippen LogP contribution in [0, 0.1) is 12.7 Å². The molecular weight excluding hydrogens is 932 g/mol. The van der Waals surface area contributed by atoms with Crippen LogP contribution in [-0.4, -0.2) is 90.0 Å². The highest BCUT2D eigenvalue weighted by molar-refractivity contribution is 7.89. The summed E-state index contributed by atoms with van der Waals surface area (Å²) in [5.41, 5.74) is -0.475. The fraction of sp³-hybridized carbons (Fsp3) is 0.333. The fourth-order valence-corrected chi connectivity index (χ4v) is 8.97. The Morgan fingerprint density at radius 3 is 2.29 bits per heavy atom. The summed E-state index contributed by atoms with van der Waals surface area (Å²) in [6.07, 6.45) is -0.858. The quantitative estimate of drug-likeness (QED) is 0.0688. The number of rotatable bonds is 16. The number of hydrogen-bond acceptors (Lipinski definition) is 13. The number of hydrogen-bond donors (Lipinski definition) is 7. The Morgan fingerprint density at radius 2 is 1.60 bits per heavy atom. The van der Waals surface area contributed by atoms with Crippen molar-refractivity contribution in [2.75, 3.05) is 25.0 Å². The number of alkyl carbamates (subject to hydrolysis) is 1. The van der Waals surface area contributed by atoms with E-state index in [1.807, 2.05) is 0 Å². The summed E-state index contributed by atoms with van der Waals surface area (Å²) in [5, 5.41) is 24.0. The Bertz CT molecular complexity index is 3100. The molecule has 0 aliphatic carbocycles. The summed E-state index contributed by atoms with van der Waals surface area (Å²) >= 11 is 0. The second-order valence-corrected chi connectivity index (χ2v) is 19.5. The third kappa shape index (κ3) is 11.1. The van der Waals surface area contributed by atoms with Crippen LogP contribution in [0.4, 0.5) is 14.9 Å². The molecule has 0 fully saturated rings. The van der Waals surface area contributed by atoms with Crippen molar-refractivity contribution in [1.82, 2.24) is 35.5 Å². The van der Waals surface area contributed by atoms with Gasteiger partial charge in [0.1, 0.15) is 30.6 Å². The van der Waals surface area contributed by atoms with Crippen LogP contribution in [0.2, 0.25) is 0 Å². The first kappa shape index (κ1) is 50.3. The topological polar surface area (TPSA) is 282 Å². The van der Waals surface area contributed by atoms with Gasteiger partial charge in [-0.2, -0.15) is 0 Å². The normalized spacial score (nSPS) is 15.4. The molecule has 0 spiro atoms. The van der Waals surface area contributed by atoms with Crippen LogP contribution in [0.25, 0.3) is 22.3 Å². The number of aliphatic hydroxyl groups is 1. The molecule has 5 amide bonds. The molecule has 368 valence electrons. The molecule has 0 unspecified atom stereocenters. The van der Waals surface area contributed by atoms with Crippen molar-refractivity contribution in [3.8, 4) is 11.4 Å². The predicted octanol–water partition coefficient (Wildman–Crippen LogP) is 2.43. The average Bonchev–Trinajstić information content (AvgIpc) is 3.68. The van der Waals surface area contributed by atoms with E-state index in [2.05, 4.69) is 31.3 Å². The van der Waals surface area contributed by atoms with Crippen molar-refractivity contribution in [2.24, 2.45) is 0 Å². The van der Waals surface area contributed by atoms with Gasteiger partial charge in [-0.3, -0.25) is 24.0 Å². The highest BCUT2D eigenvalue weighted by Crippen LogP contribution is 2.40. The van der Waals surface area contributed by atoms with E-state index in [0.717, 1.165) is 0 Å². The van der Waals surface area contributed by atoms with E-state index in [1.54, 1.807) is 71.0 Å². The number of aryl methyl sites for hydroxylation is 1. The second kappa shape index (κ2) is 20.2. The van der Waals surface area contributed by atoms with E-state index in [0.29, 0.717) is 22.1 Å². The van der Waals surface area contributed by atoms with E-state index in [1.165, 1.54) is 41.0 Å². The lowest BCUT2D eigenvalue weighted by molar-refractivity contribution is -0.172. The number of pyridine rings is 2. The lowest BCUT2D eigenvalue weighted by Gasteiger charge is -2.31. The first-order valence-electron chi connectivity index (χ1n) is 22.1. The molecule has 2 aromatic heterocycles. The Labute approximate surface area is 400 Å². The number of carbonyl (C=O) groups excluding carboxylic acids is 6. The van der Waals surface area contributed by atoms with E-state index in [9.17, 15) is 51.5 Å². The van der Waals surface area contributed by atoms with E-state index >= 15 is 0 Å². The molecule has 7 rings (SSSR count). The zero-order valence-corrected chi connectivity index (χ0v) is 39.6. The van der Waals surface area contributed by atoms with Gasteiger partial charge in [-0.15, -0.1) is 0 Å². The highest BCUT2D eigenvalue weighted by Gasteiger charge is 2.45. The minimum absolute atomic E-state index is 0.0365. The molecule has 7 N–H and O–H groups in total. The van der Waals surface area contributed by atoms with Gasteiger partial charge in [-0.1, -0.05) is 37.3 Å². The number of aromatic nitrogens is 2. The Hall–Kier alpha value is -7.56. The maximum absolute atomic E-state index is 15.0. The monoisotopic (exact) mass is 982 g/mol. The summed E-state index contributed by atoms with van der Waals surface area (Å²) in [4.78, 5) is 94.3. The van der Waals surface area contributed by atoms with Crippen molar-refractivity contribution in [3.63, 3.8) is 0 Å². The number of ether oxygens (including phenoxy) is 2. The van der Waals surface area contributed by atoms with Gasteiger partial charge in [-0.05, 0) is 87.2 Å². The minimum atomic E-state index is -4.26. The van der Waals surface area contributed by atoms with Gasteiger partial charge in [0.2, 0.25) is 33.7 Å². The van der Waals surface area contributed by atoms with Gasteiger partial charge in [-0.25, -0.2) is 32.1 Å². The Kier molecular flexibility index (Phi) is 14.5. The number of carbonyl (C=O) groups is 6. The number of cyclic esters (lactones) is 1. The molecule has 2 atom stereocenters. The van der Waals surface area contributed by atoms with Crippen molar-refractivity contribution in [1.29, 1.82) is 0 Å². The van der Waals surface area contributed by atoms with E-state index in [4.69, 9.17) is 14.5 Å². The van der Waals surface area contributed by atoms with Gasteiger partial charge >= 0.3 is 12.1 Å². The van der Waals surface area contributed by atoms with Crippen LogP contribution in [0.3, 0.4) is 0 Å². The molecular formula is C48H51FN8O12S. The summed E-state index contributed by atoms with van der Waals surface area (Å²) in [6.45, 7) is 5.87. The number of anilines is 1. The maximum atomic E-state index is 15.0. The van der Waals surface area contributed by atoms with Gasteiger partial charge in [0.05, 0.1) is 47.0 Å². The van der Waals surface area contributed by atoms with Crippen LogP contribution in [0.5, 0.6) is 0 Å². The van der Waals surface area contributed by atoms with Crippen molar-refractivity contribution < 1.29 is 56.2 Å². The molecule has 70 heavy (non-hydrogen) atoms. The number of fused-ring (bicyclic) bond motifs is 5. The average molecular weight is 983 g/mol. The molecule has 2 aliphatic rings. The van der Waals surface area contributed by atoms with Gasteiger partial charge in [0, 0.05) is 41.2 Å². The van der Waals surface area contributed by atoms with Crippen molar-refractivity contribution in [2.45, 2.75) is 89.3 Å². The Morgan fingerprint density at radius 1 is 0.914 bits per heavy atom. The van der Waals surface area contributed by atoms with Gasteiger partial charge < -0.3 is 45.7 Å². The number of nitrogens with one attached hydrogen (secondary N) is 6. The SMILES string of the molecule is CC[C@@]1(O)C(=O)OCc2c1cc1n(c2=O)Cc2c-1nc1cc(F)c(C)cc1c2CNS(=O)(=O)c1ccc(NC(=O)CNC(=O)[C@H](Cc2ccccc2)NC(=O)CNC(=O)CNC(=O)OC(C)(C)C)cc1. The van der Waals surface area contributed by atoms with Crippen LogP contribution in [0.15, 0.2) is 82.5 Å². The van der Waals surface area contributed by atoms with Crippen LogP contribution >= 0.6 is 0 Å². The van der Waals surface area contributed by atoms with Gasteiger partial charge in [0.25, 0.3) is 5.56 Å². The molecule has 20 nitrogen and oxygen atoms in total. The minimum Gasteiger partial charge on any atom is -0.458 e. The molecule has 0 saturated carbocycles. The highest BCUT2D eigenvalue weighted by atomic mass is 32.2. The largest absolute Gasteiger partial charge is 0.458 e. The lowest BCUT2D eigenvalue weighted by atomic mass is 9.86. The summed E-state index contributed by atoms with van der Waals surface area (Å²) in [7, 11) is -4.26. The standard InChI is InChI=1S/C48H51FN8O12S/c1-6-48(65)34-18-38-42-32(24-57(38)44(62)33(34)25-68-45(48)63)31(30-16-26(2)35(49)19-36(30)56-42)20-53-70(66,67)29-14-12-28(13-15-29)54-40(59)23-51-43(61)37(17-27-10-8-7-9-11-27)55-41(60)22-50-39(58)21-52-46(64)69-47(3,4)5/h7-16,18-19,37,53,65H,6,17,20-25H2,1-5H3,(H,50,58)(H,51,61)(H,52,64)(H,54,59)(H,55,60)/t37-,48-/m0/s1. The third-order valence-corrected chi connectivity index (χ3v) is 13.0. The second-order valence-electron chi connectivity index (χ2n) is 17.7. The first-order valence-corrected chi connectivity index (χ1v) is 23.6. The Balaban J connectivity index is 0.994. The van der Waals surface area contributed by atoms with Crippen LogP contribution in [-0.2, 0) is 75.2 Å². The van der Waals surface area contributed by atoms with Gasteiger partial charge in [0.15, 0.2) is 5.60 Å². The van der Waals surface area contributed by atoms with Crippen molar-refractivity contribution >= 4 is 62.3 Å². The zero-order chi connectivity index (χ0) is 50.7. The molecule has 5 aromatic rings. The number of sulfonamides is 1. The van der Waals surface area contributed by atoms with Crippen LogP contribution in [0.1, 0.15) is 67.5 Å². The molecule has 0 radical (unpaired) electrons.